The summed E-state index contributed by atoms with van der Waals surface area (Å²) in [6.07, 6.45) is -12.1. The third-order valence-corrected chi connectivity index (χ3v) is 17.6. The number of carbonyl (C=O) groups is 1. The van der Waals surface area contributed by atoms with E-state index in [1.807, 2.05) is 273 Å². The summed E-state index contributed by atoms with van der Waals surface area (Å²) in [4.78, 5) is 16.6. The van der Waals surface area contributed by atoms with Gasteiger partial charge in [-0.1, -0.05) is 273 Å². The lowest BCUT2D eigenvalue weighted by Crippen LogP contribution is -2.67. The number of amides is 1. The zero-order valence-electron chi connectivity index (χ0n) is 55.2. The predicted octanol–water partition coefficient (Wildman–Crippen LogP) is 13.8. The van der Waals surface area contributed by atoms with Crippen molar-refractivity contribution in [3.05, 3.63) is 323 Å². The Kier molecular flexibility index (Phi) is 26.3. The fourth-order valence-corrected chi connectivity index (χ4v) is 12.5. The molecule has 0 radical (unpaired) electrons. The average Bonchev–Trinajstić information content (AvgIpc) is 1.04. The minimum atomic E-state index is -1.26. The highest BCUT2D eigenvalue weighted by molar-refractivity contribution is 5.69. The second-order valence-corrected chi connectivity index (χ2v) is 24.6. The molecule has 12 rings (SSSR count). The van der Waals surface area contributed by atoms with Gasteiger partial charge in [0.05, 0.1) is 85.3 Å². The Morgan fingerprint density at radius 1 is 0.327 bits per heavy atom. The van der Waals surface area contributed by atoms with Gasteiger partial charge in [0.1, 0.15) is 67.6 Å². The van der Waals surface area contributed by atoms with Crippen molar-refractivity contribution in [1.29, 1.82) is 0 Å². The molecule has 16 nitrogen and oxygen atoms in total. The third kappa shape index (κ3) is 20.0. The number of methoxy groups -OCH3 is 1. The number of likely N-dealkylation sites (tertiary alicyclic amines) is 1. The van der Waals surface area contributed by atoms with Crippen molar-refractivity contribution in [3.63, 3.8) is 0 Å². The Bertz CT molecular complexity index is 3670. The first-order valence-corrected chi connectivity index (χ1v) is 33.7. The van der Waals surface area contributed by atoms with Gasteiger partial charge in [-0.15, -0.1) is 0 Å². The van der Waals surface area contributed by atoms with E-state index in [1.54, 1.807) is 12.0 Å². The molecular weight excluding hydrogens is 1240 g/mol. The molecule has 510 valence electrons. The highest BCUT2D eigenvalue weighted by Crippen LogP contribution is 2.39. The zero-order valence-corrected chi connectivity index (χ0v) is 55.2. The van der Waals surface area contributed by atoms with Crippen LogP contribution < -0.4 is 0 Å². The summed E-state index contributed by atoms with van der Waals surface area (Å²) in [5.74, 6) is 0. The summed E-state index contributed by atoms with van der Waals surface area (Å²) < 4.78 is 98.9. The first-order valence-electron chi connectivity index (χ1n) is 33.7. The summed E-state index contributed by atoms with van der Waals surface area (Å²) in [6.45, 7) is 1.79. The van der Waals surface area contributed by atoms with Crippen molar-refractivity contribution in [2.75, 3.05) is 33.5 Å². The molecule has 0 spiro atoms. The summed E-state index contributed by atoms with van der Waals surface area (Å²) in [5, 5.41) is 0. The van der Waals surface area contributed by atoms with Crippen LogP contribution in [0.2, 0.25) is 0 Å². The van der Waals surface area contributed by atoms with Gasteiger partial charge in [-0.2, -0.15) is 0 Å². The van der Waals surface area contributed by atoms with Crippen LogP contribution in [0.4, 0.5) is 4.79 Å². The largest absolute Gasteiger partial charge is 0.445 e. The fraction of sp³-hybridized carbons (Fsp3) is 0.329. The molecule has 9 aromatic rings. The Hall–Kier alpha value is -8.27. The first kappa shape index (κ1) is 69.6. The van der Waals surface area contributed by atoms with Crippen molar-refractivity contribution in [3.8, 4) is 0 Å². The van der Waals surface area contributed by atoms with Crippen LogP contribution in [0.25, 0.3) is 0 Å². The van der Waals surface area contributed by atoms with E-state index in [4.69, 9.17) is 66.3 Å². The predicted molar refractivity (Wildman–Crippen MR) is 368 cm³/mol. The molecular formula is C82H87NO15. The van der Waals surface area contributed by atoms with Crippen molar-refractivity contribution < 1.29 is 71.1 Å². The molecule has 9 aromatic carbocycles. The van der Waals surface area contributed by atoms with Crippen molar-refractivity contribution >= 4 is 6.09 Å². The minimum Gasteiger partial charge on any atom is -0.445 e. The van der Waals surface area contributed by atoms with Crippen LogP contribution in [0.5, 0.6) is 0 Å². The van der Waals surface area contributed by atoms with Gasteiger partial charge < -0.3 is 66.3 Å². The van der Waals surface area contributed by atoms with Gasteiger partial charge in [-0.3, -0.25) is 4.90 Å². The minimum absolute atomic E-state index is 0.0311. The second kappa shape index (κ2) is 37.1. The lowest BCUT2D eigenvalue weighted by Gasteiger charge is -2.50. The molecule has 3 heterocycles. The van der Waals surface area contributed by atoms with Crippen molar-refractivity contribution in [1.82, 2.24) is 4.90 Å². The molecule has 0 N–H and O–H groups in total. The molecule has 16 heteroatoms. The normalized spacial score (nSPS) is 23.9. The number of carbonyl (C=O) groups excluding carboxylic acids is 1. The van der Waals surface area contributed by atoms with E-state index in [0.29, 0.717) is 0 Å². The van der Waals surface area contributed by atoms with Crippen LogP contribution in [0.3, 0.4) is 0 Å². The smallest absolute Gasteiger partial charge is 0.410 e. The van der Waals surface area contributed by atoms with Gasteiger partial charge in [-0.25, -0.2) is 4.79 Å². The summed E-state index contributed by atoms with van der Waals surface area (Å²) >= 11 is 0. The van der Waals surface area contributed by atoms with E-state index in [9.17, 15) is 4.79 Å². The molecule has 3 saturated heterocycles. The van der Waals surface area contributed by atoms with Gasteiger partial charge in [-0.05, 0) is 50.1 Å². The standard InChI is InChI=1S/C82H87NO15/c1-85-58-71-74(89-51-63-35-17-5-18-36-63)76(90-52-64-37-19-6-20-38-64)78(92-54-66-41-23-8-24-42-66)81(95-71)98-75-72(59-87-49-61-31-13-3-14-32-61)96-80(79(93-55-67-43-25-9-26-44-67)77(75)91-53-65-39-21-7-22-40-65)97-73-69(57-86-48-60-29-11-2-12-30-60)83(82(84)94-56-68-45-27-10-28-46-68)47-70(73)88-50-62-33-15-4-16-34-62/h2-46,69-81H,47-59H2,1H3/t69-,70-,71+,72+,73+,74+,75+,76-,77-,78+,79+,80+,81-/m0/s1. The highest BCUT2D eigenvalue weighted by atomic mass is 16.8. The monoisotopic (exact) mass is 1330 g/mol. The number of ether oxygens (including phenoxy) is 14. The molecule has 0 saturated carbocycles. The zero-order chi connectivity index (χ0) is 66.8. The summed E-state index contributed by atoms with van der Waals surface area (Å²) in [5.41, 5.74) is 8.29. The van der Waals surface area contributed by atoms with E-state index >= 15 is 0 Å². The lowest BCUT2D eigenvalue weighted by molar-refractivity contribution is -0.382. The number of hydrogen-bond acceptors (Lipinski definition) is 15. The number of benzene rings is 9. The van der Waals surface area contributed by atoms with E-state index in [0.717, 1.165) is 50.1 Å². The summed E-state index contributed by atoms with van der Waals surface area (Å²) in [7, 11) is 1.64. The van der Waals surface area contributed by atoms with Crippen LogP contribution in [0.15, 0.2) is 273 Å². The maximum Gasteiger partial charge on any atom is 0.410 e. The SMILES string of the molecule is COC[C@H]1O[C@@H](O[C@H]2[C@H](OCc3ccccc3)[C@@H](OCc3ccccc3)[C@@H](O[C@H]3[C@@H](OCc4ccccc4)CN(C(=O)OCc4ccccc4)[C@H]3COCc3ccccc3)O[C@@H]2COCc2ccccc2)[C@H](OCc2ccccc2)[C@@H](OCc2ccccc2)[C@@H]1OCc1ccccc1. The van der Waals surface area contributed by atoms with Crippen LogP contribution in [0, 0.1) is 0 Å². The molecule has 13 atom stereocenters. The van der Waals surface area contributed by atoms with Gasteiger partial charge in [0.2, 0.25) is 0 Å². The van der Waals surface area contributed by atoms with Gasteiger partial charge in [0.25, 0.3) is 0 Å². The Morgan fingerprint density at radius 3 is 1.00 bits per heavy atom. The van der Waals surface area contributed by atoms with Gasteiger partial charge in [0, 0.05) is 7.11 Å². The molecule has 3 fully saturated rings. The van der Waals surface area contributed by atoms with Crippen molar-refractivity contribution in [2.45, 2.75) is 139 Å². The summed E-state index contributed by atoms with van der Waals surface area (Å²) in [6, 6.07) is 88.4. The number of hydrogen-bond donors (Lipinski definition) is 0. The topological polar surface area (TPSA) is 150 Å². The molecule has 0 aliphatic carbocycles. The van der Waals surface area contributed by atoms with Crippen molar-refractivity contribution in [2.24, 2.45) is 0 Å². The second-order valence-electron chi connectivity index (χ2n) is 24.6. The fourth-order valence-electron chi connectivity index (χ4n) is 12.5. The lowest BCUT2D eigenvalue weighted by atomic mass is 9.95. The first-order chi connectivity index (χ1) is 48.5. The van der Waals surface area contributed by atoms with Crippen LogP contribution in [-0.4, -0.2) is 124 Å². The molecule has 1 amide bonds. The molecule has 98 heavy (non-hydrogen) atoms. The quantitative estimate of drug-likeness (QED) is 0.0376. The van der Waals surface area contributed by atoms with Gasteiger partial charge in [0.15, 0.2) is 12.6 Å². The van der Waals surface area contributed by atoms with E-state index in [1.165, 1.54) is 0 Å². The van der Waals surface area contributed by atoms with E-state index in [-0.39, 0.29) is 85.8 Å². The molecule has 3 aliphatic heterocycles. The molecule has 0 aromatic heterocycles. The van der Waals surface area contributed by atoms with Crippen LogP contribution >= 0.6 is 0 Å². The Labute approximate surface area is 575 Å². The Balaban J connectivity index is 0.959. The average molecular weight is 1330 g/mol. The van der Waals surface area contributed by atoms with Gasteiger partial charge >= 0.3 is 6.09 Å². The molecule has 0 unspecified atom stereocenters. The maximum atomic E-state index is 14.9. The number of nitrogens with zero attached hydrogens (tertiary/aromatic N) is 1. The molecule has 3 aliphatic rings. The third-order valence-electron chi connectivity index (χ3n) is 17.6. The molecule has 0 bridgehead atoms. The van der Waals surface area contributed by atoms with Crippen LogP contribution in [-0.2, 0) is 126 Å². The number of rotatable bonds is 34. The maximum absolute atomic E-state index is 14.9. The highest BCUT2D eigenvalue weighted by Gasteiger charge is 2.57. The van der Waals surface area contributed by atoms with E-state index < -0.39 is 85.8 Å². The van der Waals surface area contributed by atoms with Crippen LogP contribution in [0.1, 0.15) is 50.1 Å². The Morgan fingerprint density at radius 2 is 0.622 bits per heavy atom. The van der Waals surface area contributed by atoms with E-state index in [2.05, 4.69) is 0 Å².